The molecule has 2 aromatic rings. The van der Waals surface area contributed by atoms with Gasteiger partial charge < -0.3 is 21.1 Å². The predicted molar refractivity (Wildman–Crippen MR) is 96.4 cm³/mol. The van der Waals surface area contributed by atoms with Crippen molar-refractivity contribution in [3.8, 4) is 5.75 Å². The summed E-state index contributed by atoms with van der Waals surface area (Å²) in [5, 5.41) is 5.78. The lowest BCUT2D eigenvalue weighted by Crippen LogP contribution is -2.23. The summed E-state index contributed by atoms with van der Waals surface area (Å²) in [5.74, 6) is 0.983. The molecule has 0 aliphatic carbocycles. The van der Waals surface area contributed by atoms with Crippen LogP contribution in [0.15, 0.2) is 53.5 Å². The fraction of sp³-hybridized carbons (Fsp3) is 0.222. The Morgan fingerprint density at radius 3 is 2.62 bits per heavy atom. The van der Waals surface area contributed by atoms with Crippen LogP contribution in [0.1, 0.15) is 22.8 Å². The van der Waals surface area contributed by atoms with Crippen molar-refractivity contribution in [3.05, 3.63) is 59.7 Å². The summed E-state index contributed by atoms with van der Waals surface area (Å²) in [6.07, 6.45) is 0. The van der Waals surface area contributed by atoms with Crippen molar-refractivity contribution in [1.82, 2.24) is 5.32 Å². The normalized spacial score (nSPS) is 11.0. The molecule has 2 aromatic carbocycles. The van der Waals surface area contributed by atoms with Crippen molar-refractivity contribution in [2.45, 2.75) is 13.5 Å². The van der Waals surface area contributed by atoms with Crippen molar-refractivity contribution in [1.29, 1.82) is 0 Å². The minimum absolute atomic E-state index is 0.0771. The highest BCUT2D eigenvalue weighted by atomic mass is 16.5. The summed E-state index contributed by atoms with van der Waals surface area (Å²) < 4.78 is 5.16. The van der Waals surface area contributed by atoms with Crippen LogP contribution in [0.3, 0.4) is 0 Å². The lowest BCUT2D eigenvalue weighted by Gasteiger charge is -2.07. The van der Waals surface area contributed by atoms with E-state index < -0.39 is 0 Å². The maximum atomic E-state index is 11.7. The highest BCUT2D eigenvalue weighted by molar-refractivity contribution is 5.94. The first-order chi connectivity index (χ1) is 11.6. The van der Waals surface area contributed by atoms with Crippen molar-refractivity contribution in [2.24, 2.45) is 10.7 Å². The lowest BCUT2D eigenvalue weighted by molar-refractivity contribution is 0.0956. The number of amides is 1. The average molecular weight is 326 g/mol. The van der Waals surface area contributed by atoms with Gasteiger partial charge in [-0.25, -0.2) is 4.99 Å². The number of nitrogens with zero attached hydrogens (tertiary/aromatic N) is 1. The predicted octanol–water partition coefficient (Wildman–Crippen LogP) is 2.37. The quantitative estimate of drug-likeness (QED) is 0.562. The van der Waals surface area contributed by atoms with E-state index in [1.54, 1.807) is 19.2 Å². The molecule has 4 N–H and O–H groups in total. The molecule has 6 nitrogen and oxygen atoms in total. The van der Waals surface area contributed by atoms with E-state index in [2.05, 4.69) is 15.6 Å². The number of nitrogens with one attached hydrogen (secondary N) is 2. The van der Waals surface area contributed by atoms with Gasteiger partial charge in [-0.1, -0.05) is 18.2 Å². The van der Waals surface area contributed by atoms with Gasteiger partial charge in [0, 0.05) is 23.9 Å². The van der Waals surface area contributed by atoms with Crippen molar-refractivity contribution in [2.75, 3.05) is 19.0 Å². The molecule has 24 heavy (non-hydrogen) atoms. The van der Waals surface area contributed by atoms with E-state index in [4.69, 9.17) is 10.5 Å². The lowest BCUT2D eigenvalue weighted by atomic mass is 10.1. The zero-order valence-electron chi connectivity index (χ0n) is 13.9. The monoisotopic (exact) mass is 326 g/mol. The fourth-order valence-electron chi connectivity index (χ4n) is 2.09. The van der Waals surface area contributed by atoms with Crippen LogP contribution in [-0.2, 0) is 6.54 Å². The maximum absolute atomic E-state index is 11.7. The molecule has 0 atom stereocenters. The van der Waals surface area contributed by atoms with Gasteiger partial charge >= 0.3 is 0 Å². The molecule has 2 rings (SSSR count). The van der Waals surface area contributed by atoms with E-state index in [0.29, 0.717) is 24.6 Å². The third-order valence-corrected chi connectivity index (χ3v) is 3.33. The Morgan fingerprint density at radius 1 is 1.21 bits per heavy atom. The number of guanidine groups is 1. The Balaban J connectivity index is 1.95. The summed E-state index contributed by atoms with van der Waals surface area (Å²) in [7, 11) is 1.61. The number of anilines is 1. The zero-order chi connectivity index (χ0) is 17.4. The van der Waals surface area contributed by atoms with Gasteiger partial charge in [0.2, 0.25) is 0 Å². The highest BCUT2D eigenvalue weighted by Crippen LogP contribution is 2.16. The average Bonchev–Trinajstić information content (AvgIpc) is 2.61. The van der Waals surface area contributed by atoms with E-state index in [1.807, 2.05) is 43.3 Å². The van der Waals surface area contributed by atoms with Crippen LogP contribution >= 0.6 is 0 Å². The van der Waals surface area contributed by atoms with Gasteiger partial charge in [0.25, 0.3) is 5.91 Å². The molecule has 0 radical (unpaired) electrons. The molecule has 0 saturated carbocycles. The smallest absolute Gasteiger partial charge is 0.251 e. The molecule has 0 aromatic heterocycles. The Labute approximate surface area is 141 Å². The highest BCUT2D eigenvalue weighted by Gasteiger charge is 2.03. The molecule has 0 saturated heterocycles. The van der Waals surface area contributed by atoms with E-state index in [1.165, 1.54) is 0 Å². The minimum atomic E-state index is -0.0771. The molecular formula is C18H22N4O2. The number of nitrogens with two attached hydrogens (primary N) is 1. The van der Waals surface area contributed by atoms with Crippen LogP contribution < -0.4 is 21.1 Å². The third kappa shape index (κ3) is 5.01. The van der Waals surface area contributed by atoms with Crippen molar-refractivity contribution in [3.63, 3.8) is 0 Å². The molecule has 0 fully saturated rings. The first-order valence-electron chi connectivity index (χ1n) is 7.70. The molecule has 0 heterocycles. The molecule has 1 amide bonds. The number of benzene rings is 2. The largest absolute Gasteiger partial charge is 0.497 e. The second-order valence-electron chi connectivity index (χ2n) is 5.11. The molecule has 0 bridgehead atoms. The van der Waals surface area contributed by atoms with E-state index in [-0.39, 0.29) is 5.91 Å². The molecule has 6 heteroatoms. The SMILES string of the molecule is CCNC(=O)c1ccc(CN=C(N)Nc2cccc(OC)c2)cc1. The van der Waals surface area contributed by atoms with Crippen LogP contribution in [0.5, 0.6) is 5.75 Å². The molecule has 0 aliphatic heterocycles. The Kier molecular flexibility index (Phi) is 6.19. The number of aliphatic imine (C=N–C) groups is 1. The minimum Gasteiger partial charge on any atom is -0.497 e. The molecule has 0 aliphatic rings. The Bertz CT molecular complexity index is 711. The number of ether oxygens (including phenoxy) is 1. The van der Waals surface area contributed by atoms with E-state index in [9.17, 15) is 4.79 Å². The third-order valence-electron chi connectivity index (χ3n) is 3.33. The van der Waals surface area contributed by atoms with Crippen LogP contribution in [-0.4, -0.2) is 25.5 Å². The van der Waals surface area contributed by atoms with Crippen LogP contribution in [0.4, 0.5) is 5.69 Å². The topological polar surface area (TPSA) is 88.7 Å². The summed E-state index contributed by atoms with van der Waals surface area (Å²) in [6, 6.07) is 14.7. The van der Waals surface area contributed by atoms with Gasteiger partial charge in [-0.3, -0.25) is 4.79 Å². The number of rotatable bonds is 6. The number of hydrogen-bond acceptors (Lipinski definition) is 3. The zero-order valence-corrected chi connectivity index (χ0v) is 13.9. The van der Waals surface area contributed by atoms with E-state index in [0.717, 1.165) is 17.0 Å². The first kappa shape index (κ1) is 17.3. The van der Waals surface area contributed by atoms with Gasteiger partial charge in [-0.05, 0) is 36.8 Å². The van der Waals surface area contributed by atoms with Gasteiger partial charge in [-0.15, -0.1) is 0 Å². The Morgan fingerprint density at radius 2 is 1.96 bits per heavy atom. The molecular weight excluding hydrogens is 304 g/mol. The number of carbonyl (C=O) groups is 1. The summed E-state index contributed by atoms with van der Waals surface area (Å²) in [6.45, 7) is 2.93. The van der Waals surface area contributed by atoms with Gasteiger partial charge in [0.15, 0.2) is 5.96 Å². The second kappa shape index (κ2) is 8.57. The summed E-state index contributed by atoms with van der Waals surface area (Å²) in [5.41, 5.74) is 8.31. The van der Waals surface area contributed by atoms with Gasteiger partial charge in [-0.2, -0.15) is 0 Å². The first-order valence-corrected chi connectivity index (χ1v) is 7.70. The number of hydrogen-bond donors (Lipinski definition) is 3. The molecule has 0 unspecified atom stereocenters. The summed E-state index contributed by atoms with van der Waals surface area (Å²) in [4.78, 5) is 16.0. The molecule has 126 valence electrons. The van der Waals surface area contributed by atoms with Crippen molar-refractivity contribution < 1.29 is 9.53 Å². The van der Waals surface area contributed by atoms with Crippen molar-refractivity contribution >= 4 is 17.6 Å². The van der Waals surface area contributed by atoms with Crippen LogP contribution in [0.2, 0.25) is 0 Å². The Hall–Kier alpha value is -3.02. The van der Waals surface area contributed by atoms with Gasteiger partial charge in [0.1, 0.15) is 5.75 Å². The second-order valence-corrected chi connectivity index (χ2v) is 5.11. The summed E-state index contributed by atoms with van der Waals surface area (Å²) >= 11 is 0. The van der Waals surface area contributed by atoms with Crippen LogP contribution in [0, 0.1) is 0 Å². The number of methoxy groups -OCH3 is 1. The number of carbonyl (C=O) groups excluding carboxylic acids is 1. The van der Waals surface area contributed by atoms with Gasteiger partial charge in [0.05, 0.1) is 13.7 Å². The molecule has 0 spiro atoms. The fourth-order valence-corrected chi connectivity index (χ4v) is 2.09. The standard InChI is InChI=1S/C18H22N4O2/c1-3-20-17(23)14-9-7-13(8-10-14)12-21-18(19)22-15-5-4-6-16(11-15)24-2/h4-11H,3,12H2,1-2H3,(H,20,23)(H3,19,21,22). The van der Waals surface area contributed by atoms with Crippen LogP contribution in [0.25, 0.3) is 0 Å². The maximum Gasteiger partial charge on any atom is 0.251 e. The van der Waals surface area contributed by atoms with E-state index >= 15 is 0 Å².